The van der Waals surface area contributed by atoms with E-state index in [1.807, 2.05) is 33.9 Å². The van der Waals surface area contributed by atoms with Crippen LogP contribution in [0.15, 0.2) is 78.7 Å². The second-order valence-corrected chi connectivity index (χ2v) is 12.6. The van der Waals surface area contributed by atoms with Crippen LogP contribution in [0.25, 0.3) is 43.7 Å². The van der Waals surface area contributed by atoms with Crippen LogP contribution in [-0.2, 0) is 24.9 Å². The molecule has 0 fully saturated rings. The summed E-state index contributed by atoms with van der Waals surface area (Å²) in [6.07, 6.45) is 6.80. The van der Waals surface area contributed by atoms with Gasteiger partial charge >= 0.3 is 0 Å². The van der Waals surface area contributed by atoms with Gasteiger partial charge in [-0.2, -0.15) is 0 Å². The smallest absolute Gasteiger partial charge is 0.162 e. The van der Waals surface area contributed by atoms with Gasteiger partial charge in [0.2, 0.25) is 0 Å². The fourth-order valence-electron chi connectivity index (χ4n) is 6.05. The van der Waals surface area contributed by atoms with Gasteiger partial charge in [0.05, 0.1) is 5.76 Å². The topological polar surface area (TPSA) is 63.1 Å². The summed E-state index contributed by atoms with van der Waals surface area (Å²) in [6, 6.07) is 25.0. The van der Waals surface area contributed by atoms with E-state index in [1.54, 1.807) is 0 Å². The maximum atomic E-state index is 11.7. The monoisotopic (exact) mass is 794 g/mol. The summed E-state index contributed by atoms with van der Waals surface area (Å²) in [5.74, 6) is 1.41. The molecule has 4 nitrogen and oxygen atoms in total. The van der Waals surface area contributed by atoms with Crippen molar-refractivity contribution in [2.24, 2.45) is 11.8 Å². The van der Waals surface area contributed by atoms with Crippen molar-refractivity contribution in [2.75, 3.05) is 0 Å². The van der Waals surface area contributed by atoms with E-state index in [1.165, 1.54) is 27.8 Å². The molecule has 0 unspecified atom stereocenters. The minimum Gasteiger partial charge on any atom is -0.512 e. The first-order valence-corrected chi connectivity index (χ1v) is 16.7. The Morgan fingerprint density at radius 3 is 2.07 bits per heavy atom. The quantitative estimate of drug-likeness (QED) is 0.0662. The molecule has 0 spiro atoms. The van der Waals surface area contributed by atoms with Crippen LogP contribution in [0.4, 0.5) is 0 Å². The minimum absolute atomic E-state index is 0. The van der Waals surface area contributed by atoms with Crippen molar-refractivity contribution in [3.63, 3.8) is 0 Å². The largest absolute Gasteiger partial charge is 0.512 e. The molecule has 0 aliphatic carbocycles. The Bertz CT molecular complexity index is 1800. The first kappa shape index (κ1) is 37.1. The average Bonchev–Trinajstić information content (AvgIpc) is 3.04. The number of ketones is 1. The third-order valence-corrected chi connectivity index (χ3v) is 9.00. The number of rotatable bonds is 10. The normalized spacial score (nSPS) is 11.9. The number of aliphatic hydroxyl groups is 1. The van der Waals surface area contributed by atoms with Crippen molar-refractivity contribution in [2.45, 2.75) is 92.9 Å². The van der Waals surface area contributed by atoms with Crippen molar-refractivity contribution >= 4 is 38.2 Å². The van der Waals surface area contributed by atoms with Crippen LogP contribution < -0.4 is 0 Å². The molecule has 5 rings (SSSR count). The fraction of sp³-hybridized carbons (Fsp3) is 0.390. The third kappa shape index (κ3) is 8.30. The predicted molar refractivity (Wildman–Crippen MR) is 191 cm³/mol. The number of pyridine rings is 2. The van der Waals surface area contributed by atoms with Crippen molar-refractivity contribution in [3.05, 3.63) is 96.0 Å². The van der Waals surface area contributed by atoms with Gasteiger partial charge in [-0.15, -0.1) is 23.8 Å². The zero-order chi connectivity index (χ0) is 32.7. The van der Waals surface area contributed by atoms with Gasteiger partial charge in [-0.05, 0) is 81.9 Å². The van der Waals surface area contributed by atoms with Gasteiger partial charge in [0.25, 0.3) is 0 Å². The van der Waals surface area contributed by atoms with E-state index in [2.05, 4.69) is 94.4 Å². The summed E-state index contributed by atoms with van der Waals surface area (Å²) in [4.78, 5) is 21.5. The standard InChI is InChI=1S/C28H25N2.C13H24O2.Ir/c1-17(2)19-9-11-22-20(15-19)13-14-29-28(22)21-10-12-24-23-7-5-6-8-25(23)27(18(3)4)30-26(24)16-21;1-5-10(6-2)12(14)9-13(15)11(7-3)8-4;/h5-9,11-18H,1-4H3;9-11,14H,5-8H2,1-4H3;/q-1;;/b;12-9-;. The number of carbonyl (C=O) groups is 1. The van der Waals surface area contributed by atoms with Gasteiger partial charge in [0.15, 0.2) is 5.78 Å². The molecule has 0 aliphatic heterocycles. The number of aromatic nitrogens is 2. The maximum Gasteiger partial charge on any atom is 0.162 e. The van der Waals surface area contributed by atoms with Crippen LogP contribution in [0.3, 0.4) is 0 Å². The molecule has 5 aromatic rings. The predicted octanol–water partition coefficient (Wildman–Crippen LogP) is 11.5. The summed E-state index contributed by atoms with van der Waals surface area (Å²) in [7, 11) is 0. The Kier molecular flexibility index (Phi) is 13.7. The van der Waals surface area contributed by atoms with E-state index >= 15 is 0 Å². The van der Waals surface area contributed by atoms with E-state index in [0.29, 0.717) is 11.8 Å². The number of carbonyl (C=O) groups excluding carboxylic acids is 1. The Morgan fingerprint density at radius 2 is 1.46 bits per heavy atom. The van der Waals surface area contributed by atoms with Crippen LogP contribution in [-0.4, -0.2) is 20.9 Å². The van der Waals surface area contributed by atoms with E-state index in [0.717, 1.165) is 58.9 Å². The molecule has 3 aromatic carbocycles. The summed E-state index contributed by atoms with van der Waals surface area (Å²) in [5.41, 5.74) is 5.44. The fourth-order valence-corrected chi connectivity index (χ4v) is 6.05. The number of hydrogen-bond acceptors (Lipinski definition) is 4. The molecule has 0 atom stereocenters. The van der Waals surface area contributed by atoms with Crippen molar-refractivity contribution in [3.8, 4) is 11.3 Å². The van der Waals surface area contributed by atoms with Gasteiger partial charge in [-0.1, -0.05) is 103 Å². The van der Waals surface area contributed by atoms with Gasteiger partial charge in [0.1, 0.15) is 0 Å². The molecule has 0 amide bonds. The van der Waals surface area contributed by atoms with E-state index in [4.69, 9.17) is 9.97 Å². The van der Waals surface area contributed by atoms with Crippen LogP contribution in [0, 0.1) is 17.9 Å². The first-order valence-electron chi connectivity index (χ1n) is 16.7. The molecular formula is C41H49IrN2O2-. The number of allylic oxidation sites excluding steroid dienone is 2. The molecule has 1 N–H and O–H groups in total. The first-order chi connectivity index (χ1) is 21.6. The Morgan fingerprint density at radius 1 is 0.804 bits per heavy atom. The molecule has 1 radical (unpaired) electrons. The molecule has 2 heterocycles. The van der Waals surface area contributed by atoms with E-state index in [-0.39, 0.29) is 43.5 Å². The Hall–Kier alpha value is -3.40. The number of aliphatic hydroxyl groups excluding tert-OH is 1. The SMILES string of the molecule is CC(C)c1ccc2c(-c3[c-]cc4c(c3)nc(C(C)C)c3ccccc34)nccc2c1.CCC(CC)C(=O)/C=C(\O)C(CC)CC.[Ir]. The zero-order valence-electron chi connectivity index (χ0n) is 28.6. The summed E-state index contributed by atoms with van der Waals surface area (Å²) in [6.45, 7) is 16.9. The van der Waals surface area contributed by atoms with Gasteiger partial charge in [-0.25, -0.2) is 0 Å². The third-order valence-electron chi connectivity index (χ3n) is 9.00. The Labute approximate surface area is 289 Å². The minimum atomic E-state index is 0. The number of nitrogens with zero attached hydrogens (tertiary/aromatic N) is 2. The van der Waals surface area contributed by atoms with E-state index in [9.17, 15) is 9.90 Å². The van der Waals surface area contributed by atoms with Crippen molar-refractivity contribution in [1.82, 2.24) is 9.97 Å². The molecule has 5 heteroatoms. The Balaban J connectivity index is 0.000000309. The average molecular weight is 794 g/mol. The molecule has 46 heavy (non-hydrogen) atoms. The van der Waals surface area contributed by atoms with Gasteiger partial charge in [0, 0.05) is 49.9 Å². The molecule has 2 aromatic heterocycles. The molecule has 0 saturated carbocycles. The second kappa shape index (κ2) is 17.0. The summed E-state index contributed by atoms with van der Waals surface area (Å²) < 4.78 is 0. The van der Waals surface area contributed by atoms with Gasteiger partial charge in [-0.3, -0.25) is 9.78 Å². The van der Waals surface area contributed by atoms with Crippen LogP contribution >= 0.6 is 0 Å². The zero-order valence-corrected chi connectivity index (χ0v) is 31.0. The van der Waals surface area contributed by atoms with Gasteiger partial charge < -0.3 is 10.1 Å². The van der Waals surface area contributed by atoms with Crippen LogP contribution in [0.1, 0.15) is 104 Å². The molecule has 0 aliphatic rings. The maximum absolute atomic E-state index is 11.7. The van der Waals surface area contributed by atoms with E-state index < -0.39 is 0 Å². The second-order valence-electron chi connectivity index (χ2n) is 12.6. The molecule has 245 valence electrons. The number of benzene rings is 3. The summed E-state index contributed by atoms with van der Waals surface area (Å²) >= 11 is 0. The molecule has 0 saturated heterocycles. The van der Waals surface area contributed by atoms with Crippen LogP contribution in [0.5, 0.6) is 0 Å². The van der Waals surface area contributed by atoms with Crippen molar-refractivity contribution < 1.29 is 30.0 Å². The molecule has 0 bridgehead atoms. The van der Waals surface area contributed by atoms with Crippen molar-refractivity contribution in [1.29, 1.82) is 0 Å². The number of fused-ring (bicyclic) bond motifs is 4. The number of hydrogen-bond donors (Lipinski definition) is 1. The van der Waals surface area contributed by atoms with Crippen LogP contribution in [0.2, 0.25) is 0 Å². The summed E-state index contributed by atoms with van der Waals surface area (Å²) in [5, 5.41) is 15.7. The molecular weight excluding hydrogens is 745 g/mol.